The van der Waals surface area contributed by atoms with Crippen molar-refractivity contribution in [2.75, 3.05) is 0 Å². The Labute approximate surface area is 60.4 Å². The van der Waals surface area contributed by atoms with E-state index in [1.54, 1.807) is 0 Å². The first kappa shape index (κ1) is 43.9. The zero-order chi connectivity index (χ0) is 0. The molecule has 0 unspecified atom stereocenters. The molecule has 0 aliphatic heterocycles. The molecule has 0 rings (SSSR count). The summed E-state index contributed by atoms with van der Waals surface area (Å²) in [5.41, 5.74) is 0. The maximum Gasteiger partial charge on any atom is 0 e. The molecule has 0 aromatic rings. The Bertz CT molecular complexity index is 8.00. The third-order valence-electron chi connectivity index (χ3n) is 0. The van der Waals surface area contributed by atoms with Crippen molar-refractivity contribution in [2.45, 2.75) is 0 Å². The van der Waals surface area contributed by atoms with Crippen LogP contribution in [0.25, 0.3) is 0 Å². The first-order valence-corrected chi connectivity index (χ1v) is 0. The first-order chi connectivity index (χ1) is 0. The SMILES string of the molecule is O.[Fe].[Mn].[W]. The Morgan fingerprint density at radius 3 is 1.00 bits per heavy atom. The molecule has 1 nitrogen and oxygen atoms in total. The molecule has 0 saturated heterocycles. The number of hydrogen-bond donors (Lipinski definition) is 0. The minimum Gasteiger partial charge on any atom is -0.412 e. The van der Waals surface area contributed by atoms with E-state index in [-0.39, 0.29) is 60.7 Å². The van der Waals surface area contributed by atoms with E-state index in [0.717, 1.165) is 0 Å². The van der Waals surface area contributed by atoms with Crippen LogP contribution in [0.4, 0.5) is 0 Å². The molecule has 0 atom stereocenters. The molecule has 1 radical (unpaired) electrons. The Morgan fingerprint density at radius 2 is 1.00 bits per heavy atom. The van der Waals surface area contributed by atoms with Gasteiger partial charge in [-0.1, -0.05) is 0 Å². The van der Waals surface area contributed by atoms with Crippen molar-refractivity contribution >= 4 is 0 Å². The van der Waals surface area contributed by atoms with E-state index in [1.807, 2.05) is 0 Å². The Kier molecular flexibility index (Phi) is 246. The van der Waals surface area contributed by atoms with E-state index >= 15 is 0 Å². The van der Waals surface area contributed by atoms with E-state index in [4.69, 9.17) is 0 Å². The maximum absolute atomic E-state index is 0. The smallest absolute Gasteiger partial charge is 0 e. The van der Waals surface area contributed by atoms with Gasteiger partial charge in [-0.2, -0.15) is 0 Å². The molecular formula is H2FeMnOW. The van der Waals surface area contributed by atoms with Gasteiger partial charge in [0.05, 0.1) is 0 Å². The molecule has 2 N–H and O–H groups in total. The number of hydrogen-bond acceptors (Lipinski definition) is 0. The molecule has 0 aromatic carbocycles. The normalized spacial score (nSPS) is 0. The fourth-order valence-corrected chi connectivity index (χ4v) is 0. The fraction of sp³-hybridized carbons (Fsp3) is 0. The van der Waals surface area contributed by atoms with Gasteiger partial charge in [0, 0.05) is 55.2 Å². The van der Waals surface area contributed by atoms with Gasteiger partial charge in [0.1, 0.15) is 0 Å². The molecule has 0 spiro atoms. The van der Waals surface area contributed by atoms with Crippen LogP contribution in [-0.4, -0.2) is 5.48 Å². The molecule has 0 aliphatic carbocycles. The zero-order valence-electron chi connectivity index (χ0n) is 1.64. The van der Waals surface area contributed by atoms with Gasteiger partial charge in [0.15, 0.2) is 0 Å². The van der Waals surface area contributed by atoms with E-state index in [0.29, 0.717) is 0 Å². The molecular weight excluding hydrogens is 311 g/mol. The molecule has 0 aromatic heterocycles. The predicted molar refractivity (Wildman–Crippen MR) is 3.61 cm³/mol. The first-order valence-electron chi connectivity index (χ1n) is 0. The van der Waals surface area contributed by atoms with Crippen LogP contribution >= 0.6 is 0 Å². The minimum absolute atomic E-state index is 0. The van der Waals surface area contributed by atoms with Gasteiger partial charge < -0.3 is 5.48 Å². The van der Waals surface area contributed by atoms with Crippen molar-refractivity contribution in [2.24, 2.45) is 0 Å². The topological polar surface area (TPSA) is 31.5 Å². The van der Waals surface area contributed by atoms with Crippen molar-refractivity contribution < 1.29 is 60.7 Å². The summed E-state index contributed by atoms with van der Waals surface area (Å²) in [6.07, 6.45) is 0. The monoisotopic (exact) mass is 313 g/mol. The van der Waals surface area contributed by atoms with Gasteiger partial charge >= 0.3 is 0 Å². The predicted octanol–water partition coefficient (Wildman–Crippen LogP) is -0.832. The average molecular weight is 313 g/mol. The third-order valence-corrected chi connectivity index (χ3v) is 0. The molecule has 29 valence electrons. The van der Waals surface area contributed by atoms with Crippen molar-refractivity contribution in [3.8, 4) is 0 Å². The van der Waals surface area contributed by atoms with Crippen LogP contribution in [0.1, 0.15) is 0 Å². The van der Waals surface area contributed by atoms with Crippen LogP contribution in [0, 0.1) is 0 Å². The van der Waals surface area contributed by atoms with Gasteiger partial charge in [0.25, 0.3) is 0 Å². The van der Waals surface area contributed by atoms with E-state index in [2.05, 4.69) is 0 Å². The molecule has 0 amide bonds. The fourth-order valence-electron chi connectivity index (χ4n) is 0. The summed E-state index contributed by atoms with van der Waals surface area (Å²) >= 11 is 0. The van der Waals surface area contributed by atoms with E-state index in [1.165, 1.54) is 0 Å². The van der Waals surface area contributed by atoms with Crippen LogP contribution < -0.4 is 0 Å². The molecule has 0 fully saturated rings. The van der Waals surface area contributed by atoms with Gasteiger partial charge in [-0.15, -0.1) is 0 Å². The Balaban J connectivity index is 0. The van der Waals surface area contributed by atoms with Crippen molar-refractivity contribution in [1.82, 2.24) is 0 Å². The second kappa shape index (κ2) is 22.4. The second-order valence-electron chi connectivity index (χ2n) is 0. The van der Waals surface area contributed by atoms with Crippen LogP contribution in [0.3, 0.4) is 0 Å². The Hall–Kier alpha value is 1.69. The van der Waals surface area contributed by atoms with Crippen molar-refractivity contribution in [1.29, 1.82) is 0 Å². The summed E-state index contributed by atoms with van der Waals surface area (Å²) in [4.78, 5) is 0. The average Bonchev–Trinajstić information content (AvgIpc) is 0. The Morgan fingerprint density at radius 1 is 1.00 bits per heavy atom. The molecule has 4 heavy (non-hydrogen) atoms. The maximum atomic E-state index is 0. The largest absolute Gasteiger partial charge is 0.412 e. The standard InChI is InChI=1S/Fe.Mn.H2O.W/h;;1H2;. The molecule has 4 heteroatoms. The van der Waals surface area contributed by atoms with Gasteiger partial charge in [-0.05, 0) is 0 Å². The summed E-state index contributed by atoms with van der Waals surface area (Å²) in [6, 6.07) is 0. The minimum atomic E-state index is 0. The van der Waals surface area contributed by atoms with Crippen molar-refractivity contribution in [3.05, 3.63) is 0 Å². The summed E-state index contributed by atoms with van der Waals surface area (Å²) in [5.74, 6) is 0. The molecule has 0 saturated carbocycles. The van der Waals surface area contributed by atoms with Gasteiger partial charge in [-0.3, -0.25) is 0 Å². The number of rotatable bonds is 0. The quantitative estimate of drug-likeness (QED) is 0.523. The summed E-state index contributed by atoms with van der Waals surface area (Å²) in [6.45, 7) is 0. The van der Waals surface area contributed by atoms with Crippen molar-refractivity contribution in [3.63, 3.8) is 0 Å². The van der Waals surface area contributed by atoms with E-state index < -0.39 is 0 Å². The zero-order valence-corrected chi connectivity index (χ0v) is 6.86. The van der Waals surface area contributed by atoms with Crippen LogP contribution in [0.15, 0.2) is 0 Å². The molecule has 0 aliphatic rings. The summed E-state index contributed by atoms with van der Waals surface area (Å²) in [5, 5.41) is 0. The molecule has 0 bridgehead atoms. The van der Waals surface area contributed by atoms with Crippen LogP contribution in [0.2, 0.25) is 0 Å². The molecule has 0 heterocycles. The van der Waals surface area contributed by atoms with Crippen LogP contribution in [0.5, 0.6) is 0 Å². The summed E-state index contributed by atoms with van der Waals surface area (Å²) in [7, 11) is 0. The van der Waals surface area contributed by atoms with Gasteiger partial charge in [-0.25, -0.2) is 0 Å². The summed E-state index contributed by atoms with van der Waals surface area (Å²) < 4.78 is 0. The van der Waals surface area contributed by atoms with Crippen LogP contribution in [-0.2, 0) is 55.2 Å². The third kappa shape index (κ3) is 9.35. The second-order valence-corrected chi connectivity index (χ2v) is 0. The van der Waals surface area contributed by atoms with Gasteiger partial charge in [0.2, 0.25) is 0 Å². The van der Waals surface area contributed by atoms with E-state index in [9.17, 15) is 0 Å².